The molecule has 1 atom stereocenters. The van der Waals surface area contributed by atoms with Gasteiger partial charge in [-0.25, -0.2) is 4.98 Å². The third kappa shape index (κ3) is 4.08. The fraction of sp³-hybridized carbons (Fsp3) is 0.615. The van der Waals surface area contributed by atoms with Crippen LogP contribution in [-0.2, 0) is 16.1 Å². The molecule has 1 heterocycles. The summed E-state index contributed by atoms with van der Waals surface area (Å²) in [6.07, 6.45) is 3.45. The van der Waals surface area contributed by atoms with Crippen molar-refractivity contribution in [2.24, 2.45) is 0 Å². The van der Waals surface area contributed by atoms with E-state index in [2.05, 4.69) is 10.3 Å². The van der Waals surface area contributed by atoms with Gasteiger partial charge in [0, 0.05) is 32.4 Å². The number of nitrogens with one attached hydrogen (secondary N) is 1. The van der Waals surface area contributed by atoms with E-state index >= 15 is 0 Å². The van der Waals surface area contributed by atoms with Crippen LogP contribution in [0.2, 0.25) is 0 Å². The van der Waals surface area contributed by atoms with Gasteiger partial charge in [0.05, 0.1) is 0 Å². The smallest absolute Gasteiger partial charge is 0.244 e. The van der Waals surface area contributed by atoms with E-state index in [9.17, 15) is 9.59 Å². The number of aromatic nitrogens is 2. The molecule has 19 heavy (non-hydrogen) atoms. The number of carbonyl (C=O) groups is 2. The van der Waals surface area contributed by atoms with Crippen LogP contribution in [0, 0.1) is 0 Å². The Morgan fingerprint density at radius 3 is 2.53 bits per heavy atom. The molecular formula is C13H22N4O2. The molecule has 0 saturated carbocycles. The van der Waals surface area contributed by atoms with Gasteiger partial charge in [-0.3, -0.25) is 9.59 Å². The number of imidazole rings is 1. The number of hydrogen-bond donors (Lipinski definition) is 1. The fourth-order valence-electron chi connectivity index (χ4n) is 1.85. The zero-order chi connectivity index (χ0) is 14.6. The van der Waals surface area contributed by atoms with Crippen LogP contribution >= 0.6 is 0 Å². The molecule has 1 unspecified atom stereocenters. The van der Waals surface area contributed by atoms with Crippen molar-refractivity contribution in [2.45, 2.75) is 39.3 Å². The molecule has 6 heteroatoms. The van der Waals surface area contributed by atoms with Crippen LogP contribution in [0.25, 0.3) is 0 Å². The lowest BCUT2D eigenvalue weighted by molar-refractivity contribution is -0.134. The molecule has 1 aromatic heterocycles. The Hall–Kier alpha value is -1.85. The van der Waals surface area contributed by atoms with Crippen molar-refractivity contribution in [3.05, 3.63) is 18.2 Å². The molecule has 0 radical (unpaired) electrons. The molecule has 1 aromatic rings. The molecule has 0 spiro atoms. The van der Waals surface area contributed by atoms with E-state index in [1.807, 2.05) is 13.8 Å². The van der Waals surface area contributed by atoms with Gasteiger partial charge in [-0.15, -0.1) is 0 Å². The first-order chi connectivity index (χ1) is 8.82. The van der Waals surface area contributed by atoms with E-state index in [1.165, 1.54) is 4.90 Å². The van der Waals surface area contributed by atoms with Gasteiger partial charge < -0.3 is 14.8 Å². The summed E-state index contributed by atoms with van der Waals surface area (Å²) in [5.41, 5.74) is 0. The van der Waals surface area contributed by atoms with E-state index in [0.29, 0.717) is 0 Å². The molecule has 1 rings (SSSR count). The second kappa shape index (κ2) is 6.36. The van der Waals surface area contributed by atoms with Crippen molar-refractivity contribution in [1.82, 2.24) is 19.8 Å². The van der Waals surface area contributed by atoms with Crippen LogP contribution in [-0.4, -0.2) is 46.4 Å². The van der Waals surface area contributed by atoms with Gasteiger partial charge in [-0.2, -0.15) is 0 Å². The third-order valence-electron chi connectivity index (χ3n) is 2.77. The lowest BCUT2D eigenvalue weighted by Gasteiger charge is -2.18. The second-order valence-electron chi connectivity index (χ2n) is 5.09. The minimum Gasteiger partial charge on any atom is -0.347 e. The predicted molar refractivity (Wildman–Crippen MR) is 72.6 cm³/mol. The molecule has 106 valence electrons. The summed E-state index contributed by atoms with van der Waals surface area (Å²) in [5.74, 6) is 0.802. The van der Waals surface area contributed by atoms with Gasteiger partial charge in [0.2, 0.25) is 11.8 Å². The summed E-state index contributed by atoms with van der Waals surface area (Å²) in [6, 6.07) is -0.520. The highest BCUT2D eigenvalue weighted by molar-refractivity contribution is 5.86. The van der Waals surface area contributed by atoms with Crippen molar-refractivity contribution in [3.63, 3.8) is 0 Å². The highest BCUT2D eigenvalue weighted by Gasteiger charge is 2.18. The molecule has 0 bridgehead atoms. The molecule has 6 nitrogen and oxygen atoms in total. The molecule has 1 N–H and O–H groups in total. The second-order valence-corrected chi connectivity index (χ2v) is 5.09. The van der Waals surface area contributed by atoms with Gasteiger partial charge in [0.15, 0.2) is 0 Å². The normalized spacial score (nSPS) is 12.3. The number of rotatable bonds is 5. The lowest BCUT2D eigenvalue weighted by Crippen LogP contribution is -2.45. The van der Waals surface area contributed by atoms with E-state index in [-0.39, 0.29) is 24.3 Å². The maximum atomic E-state index is 11.9. The number of hydrogen-bond acceptors (Lipinski definition) is 3. The maximum Gasteiger partial charge on any atom is 0.244 e. The average Bonchev–Trinajstić information content (AvgIpc) is 2.75. The van der Waals surface area contributed by atoms with Crippen molar-refractivity contribution >= 4 is 11.8 Å². The van der Waals surface area contributed by atoms with E-state index in [4.69, 9.17) is 0 Å². The molecule has 0 fully saturated rings. The van der Waals surface area contributed by atoms with E-state index in [1.54, 1.807) is 38.0 Å². The van der Waals surface area contributed by atoms with Crippen molar-refractivity contribution in [2.75, 3.05) is 14.1 Å². The minimum atomic E-state index is -0.520. The summed E-state index contributed by atoms with van der Waals surface area (Å²) in [5, 5.41) is 2.69. The van der Waals surface area contributed by atoms with Crippen LogP contribution < -0.4 is 5.32 Å². The monoisotopic (exact) mass is 266 g/mol. The summed E-state index contributed by atoms with van der Waals surface area (Å²) >= 11 is 0. The first kappa shape index (κ1) is 15.2. The van der Waals surface area contributed by atoms with Gasteiger partial charge in [0.25, 0.3) is 0 Å². The molecule has 0 aliphatic carbocycles. The summed E-state index contributed by atoms with van der Waals surface area (Å²) < 4.78 is 1.80. The van der Waals surface area contributed by atoms with Gasteiger partial charge >= 0.3 is 0 Å². The maximum absolute atomic E-state index is 11.9. The van der Waals surface area contributed by atoms with Crippen LogP contribution in [0.5, 0.6) is 0 Å². The van der Waals surface area contributed by atoms with Gasteiger partial charge in [-0.05, 0) is 6.92 Å². The highest BCUT2D eigenvalue weighted by Crippen LogP contribution is 2.11. The third-order valence-corrected chi connectivity index (χ3v) is 2.77. The first-order valence-electron chi connectivity index (χ1n) is 6.34. The zero-order valence-corrected chi connectivity index (χ0v) is 12.2. The zero-order valence-electron chi connectivity index (χ0n) is 12.2. The summed E-state index contributed by atoms with van der Waals surface area (Å²) in [4.78, 5) is 29.2. The number of nitrogens with zero attached hydrogens (tertiary/aromatic N) is 3. The van der Waals surface area contributed by atoms with Crippen LogP contribution in [0.15, 0.2) is 12.4 Å². The van der Waals surface area contributed by atoms with E-state index in [0.717, 1.165) is 5.82 Å². The minimum absolute atomic E-state index is 0.122. The molecule has 2 amide bonds. The number of carbonyl (C=O) groups excluding carboxylic acids is 2. The quantitative estimate of drug-likeness (QED) is 0.848. The lowest BCUT2D eigenvalue weighted by atomic mass is 10.2. The van der Waals surface area contributed by atoms with Crippen molar-refractivity contribution in [3.8, 4) is 0 Å². The molecule has 0 saturated heterocycles. The summed E-state index contributed by atoms with van der Waals surface area (Å²) in [6.45, 7) is 5.90. The highest BCUT2D eigenvalue weighted by atomic mass is 16.2. The fourth-order valence-corrected chi connectivity index (χ4v) is 1.85. The largest absolute Gasteiger partial charge is 0.347 e. The van der Waals surface area contributed by atoms with Gasteiger partial charge in [-0.1, -0.05) is 13.8 Å². The Bertz CT molecular complexity index is 451. The SMILES string of the molecule is CC(NC(=O)Cn1ccnc1C(C)C)C(=O)N(C)C. The topological polar surface area (TPSA) is 67.2 Å². The standard InChI is InChI=1S/C13H22N4O2/c1-9(2)12-14-6-7-17(12)8-11(18)15-10(3)13(19)16(4)5/h6-7,9-10H,8H2,1-5H3,(H,15,18). The van der Waals surface area contributed by atoms with Crippen molar-refractivity contribution < 1.29 is 9.59 Å². The molecule has 0 aliphatic heterocycles. The Morgan fingerprint density at radius 2 is 2.00 bits per heavy atom. The Kier molecular flexibility index (Phi) is 5.09. The average molecular weight is 266 g/mol. The summed E-state index contributed by atoms with van der Waals surface area (Å²) in [7, 11) is 3.33. The first-order valence-corrected chi connectivity index (χ1v) is 6.34. The Balaban J connectivity index is 2.61. The number of likely N-dealkylation sites (N-methyl/N-ethyl adjacent to an activating group) is 1. The number of amides is 2. The Morgan fingerprint density at radius 1 is 1.37 bits per heavy atom. The van der Waals surface area contributed by atoms with Crippen LogP contribution in [0.1, 0.15) is 32.5 Å². The van der Waals surface area contributed by atoms with Crippen molar-refractivity contribution in [1.29, 1.82) is 0 Å². The van der Waals surface area contributed by atoms with Gasteiger partial charge in [0.1, 0.15) is 18.4 Å². The molecular weight excluding hydrogens is 244 g/mol. The van der Waals surface area contributed by atoms with Crippen LogP contribution in [0.3, 0.4) is 0 Å². The molecule has 0 aromatic carbocycles. The molecule has 0 aliphatic rings. The Labute approximate surface area is 113 Å². The van der Waals surface area contributed by atoms with Crippen LogP contribution in [0.4, 0.5) is 0 Å². The predicted octanol–water partition coefficient (Wildman–Crippen LogP) is 0.599. The van der Waals surface area contributed by atoms with E-state index < -0.39 is 6.04 Å².